The molecule has 1 fully saturated rings. The quantitative estimate of drug-likeness (QED) is 0.370. The van der Waals surface area contributed by atoms with Crippen LogP contribution in [0.1, 0.15) is 31.8 Å². The zero-order valence-electron chi connectivity index (χ0n) is 21.7. The van der Waals surface area contributed by atoms with Crippen molar-refractivity contribution in [2.24, 2.45) is 5.92 Å². The number of fused-ring (bicyclic) bond motifs is 6. The molecule has 7 rings (SSSR count). The van der Waals surface area contributed by atoms with Crippen molar-refractivity contribution in [2.75, 3.05) is 17.3 Å². The van der Waals surface area contributed by atoms with Gasteiger partial charge in [-0.25, -0.2) is 0 Å². The van der Waals surface area contributed by atoms with Crippen molar-refractivity contribution >= 4 is 34.9 Å². The average Bonchev–Trinajstić information content (AvgIpc) is 3.49. The van der Waals surface area contributed by atoms with Gasteiger partial charge in [0.2, 0.25) is 5.91 Å². The fourth-order valence-electron chi connectivity index (χ4n) is 6.75. The Bertz CT molecular complexity index is 1720. The van der Waals surface area contributed by atoms with E-state index in [1.165, 1.54) is 6.20 Å². The van der Waals surface area contributed by atoms with Crippen LogP contribution in [-0.4, -0.2) is 41.7 Å². The smallest absolute Gasteiger partial charge is 0.238 e. The third-order valence-corrected chi connectivity index (χ3v) is 8.39. The minimum absolute atomic E-state index is 0.259. The van der Waals surface area contributed by atoms with Crippen LogP contribution < -0.4 is 15.0 Å². The molecule has 1 saturated heterocycles. The number of carbonyl (C=O) groups is 3. The van der Waals surface area contributed by atoms with Crippen LogP contribution in [0.2, 0.25) is 0 Å². The Morgan fingerprint density at radius 1 is 0.925 bits per heavy atom. The molecule has 0 bridgehead atoms. The number of Topliss-reactive ketones (excluding diaryl/α,β-unsaturated/α-hetero) is 2. The van der Waals surface area contributed by atoms with Crippen LogP contribution in [0, 0.1) is 5.92 Å². The van der Waals surface area contributed by atoms with Gasteiger partial charge in [-0.1, -0.05) is 60.7 Å². The standard InChI is InChI=1S/C33H25N3O4/c1-40-23-11-6-9-21(18-23)31(38)29-28(30(37)22-10-7-17-34-19-22)33(24-12-3-4-13-25(24)35-32(33)39)27-16-15-20-8-2-5-14-26(20)36(27)29/h2-19,27-29H,1H3,(H,35,39)/t27-,28-,29+,33-/m0/s1. The number of aromatic nitrogens is 1. The molecule has 0 radical (unpaired) electrons. The Morgan fingerprint density at radius 3 is 2.55 bits per heavy atom. The van der Waals surface area contributed by atoms with E-state index < -0.39 is 23.4 Å². The van der Waals surface area contributed by atoms with Gasteiger partial charge in [0.1, 0.15) is 17.2 Å². The van der Waals surface area contributed by atoms with E-state index in [2.05, 4.69) is 10.3 Å². The number of benzene rings is 3. The fourth-order valence-corrected chi connectivity index (χ4v) is 6.75. The first-order valence-electron chi connectivity index (χ1n) is 13.1. The number of ether oxygens (including phenoxy) is 1. The first-order valence-corrected chi connectivity index (χ1v) is 13.1. The predicted octanol–water partition coefficient (Wildman–Crippen LogP) is 4.95. The van der Waals surface area contributed by atoms with Crippen molar-refractivity contribution in [1.82, 2.24) is 4.98 Å². The number of rotatable bonds is 5. The average molecular weight is 528 g/mol. The van der Waals surface area contributed by atoms with E-state index in [0.717, 1.165) is 11.3 Å². The van der Waals surface area contributed by atoms with Gasteiger partial charge in [0.25, 0.3) is 0 Å². The number of methoxy groups -OCH3 is 1. The van der Waals surface area contributed by atoms with Crippen LogP contribution in [-0.2, 0) is 10.2 Å². The van der Waals surface area contributed by atoms with Crippen LogP contribution in [0.3, 0.4) is 0 Å². The van der Waals surface area contributed by atoms with Crippen molar-refractivity contribution in [3.63, 3.8) is 0 Å². The summed E-state index contributed by atoms with van der Waals surface area (Å²) in [4.78, 5) is 49.8. The molecule has 1 N–H and O–H groups in total. The van der Waals surface area contributed by atoms with Gasteiger partial charge in [-0.2, -0.15) is 0 Å². The molecule has 4 heterocycles. The Morgan fingerprint density at radius 2 is 1.73 bits per heavy atom. The maximum atomic E-state index is 14.7. The molecule has 3 aliphatic rings. The van der Waals surface area contributed by atoms with Gasteiger partial charge in [-0.05, 0) is 47.5 Å². The molecule has 0 saturated carbocycles. The third-order valence-electron chi connectivity index (χ3n) is 8.39. The number of hydrogen-bond donors (Lipinski definition) is 1. The molecule has 3 aliphatic heterocycles. The number of pyridine rings is 1. The number of carbonyl (C=O) groups excluding carboxylic acids is 3. The maximum Gasteiger partial charge on any atom is 0.238 e. The van der Waals surface area contributed by atoms with Crippen molar-refractivity contribution < 1.29 is 19.1 Å². The first-order chi connectivity index (χ1) is 19.6. The summed E-state index contributed by atoms with van der Waals surface area (Å²) in [5.41, 5.74) is 2.48. The topological polar surface area (TPSA) is 88.6 Å². The van der Waals surface area contributed by atoms with Crippen LogP contribution in [0.4, 0.5) is 11.4 Å². The van der Waals surface area contributed by atoms with E-state index in [1.54, 1.807) is 49.7 Å². The zero-order valence-corrected chi connectivity index (χ0v) is 21.7. The molecular weight excluding hydrogens is 502 g/mol. The number of anilines is 2. The monoisotopic (exact) mass is 527 g/mol. The maximum absolute atomic E-state index is 14.7. The van der Waals surface area contributed by atoms with Gasteiger partial charge >= 0.3 is 0 Å². The Labute approximate surface area is 231 Å². The van der Waals surface area contributed by atoms with Crippen LogP contribution in [0.15, 0.2) is 103 Å². The minimum Gasteiger partial charge on any atom is -0.497 e. The first kappa shape index (κ1) is 24.0. The summed E-state index contributed by atoms with van der Waals surface area (Å²) in [7, 11) is 1.55. The van der Waals surface area contributed by atoms with Gasteiger partial charge in [0, 0.05) is 34.9 Å². The molecule has 7 nitrogen and oxygen atoms in total. The molecule has 7 heteroatoms. The highest BCUT2D eigenvalue weighted by Crippen LogP contribution is 2.58. The highest BCUT2D eigenvalue weighted by Gasteiger charge is 2.70. The molecular formula is C33H25N3O4. The number of amides is 1. The van der Waals surface area contributed by atoms with Crippen molar-refractivity contribution in [3.05, 3.63) is 126 Å². The highest BCUT2D eigenvalue weighted by atomic mass is 16.5. The normalized spacial score (nSPS) is 23.8. The fraction of sp³-hybridized carbons (Fsp3) is 0.152. The minimum atomic E-state index is -1.35. The van der Waals surface area contributed by atoms with Crippen molar-refractivity contribution in [1.29, 1.82) is 0 Å². The van der Waals surface area contributed by atoms with E-state index in [9.17, 15) is 14.4 Å². The van der Waals surface area contributed by atoms with E-state index in [-0.39, 0.29) is 17.5 Å². The molecule has 4 atom stereocenters. The van der Waals surface area contributed by atoms with Gasteiger partial charge in [0.05, 0.1) is 19.1 Å². The molecule has 0 aliphatic carbocycles. The molecule has 196 valence electrons. The second-order valence-corrected chi connectivity index (χ2v) is 10.3. The summed E-state index contributed by atoms with van der Waals surface area (Å²) < 4.78 is 5.41. The van der Waals surface area contributed by atoms with Gasteiger partial charge in [-0.3, -0.25) is 19.4 Å². The summed E-state index contributed by atoms with van der Waals surface area (Å²) >= 11 is 0. The summed E-state index contributed by atoms with van der Waals surface area (Å²) in [6, 6.07) is 24.0. The summed E-state index contributed by atoms with van der Waals surface area (Å²) in [5.74, 6) is -1.37. The lowest BCUT2D eigenvalue weighted by Gasteiger charge is -2.37. The van der Waals surface area contributed by atoms with E-state index in [0.29, 0.717) is 28.1 Å². The van der Waals surface area contributed by atoms with Crippen LogP contribution in [0.25, 0.3) is 6.08 Å². The van der Waals surface area contributed by atoms with E-state index in [4.69, 9.17) is 4.74 Å². The zero-order chi connectivity index (χ0) is 27.4. The van der Waals surface area contributed by atoms with Gasteiger partial charge in [-0.15, -0.1) is 0 Å². The van der Waals surface area contributed by atoms with E-state index in [1.807, 2.05) is 65.6 Å². The second kappa shape index (κ2) is 9.02. The molecule has 0 unspecified atom stereocenters. The summed E-state index contributed by atoms with van der Waals surface area (Å²) in [5, 5.41) is 3.04. The number of nitrogens with one attached hydrogen (secondary N) is 1. The second-order valence-electron chi connectivity index (χ2n) is 10.3. The molecule has 40 heavy (non-hydrogen) atoms. The Kier molecular flexibility index (Phi) is 5.42. The summed E-state index contributed by atoms with van der Waals surface area (Å²) in [6.07, 6.45) is 7.05. The Hall–Kier alpha value is -5.04. The number of nitrogens with zero attached hydrogens (tertiary/aromatic N) is 2. The molecule has 1 aromatic heterocycles. The number of hydrogen-bond acceptors (Lipinski definition) is 6. The highest BCUT2D eigenvalue weighted by molar-refractivity contribution is 6.18. The van der Waals surface area contributed by atoms with Crippen molar-refractivity contribution in [2.45, 2.75) is 17.5 Å². The third kappa shape index (κ3) is 3.24. The molecule has 4 aromatic rings. The lowest BCUT2D eigenvalue weighted by molar-refractivity contribution is -0.121. The SMILES string of the molecule is COc1cccc(C(=O)[C@H]2[C@@H](C(=O)c3cccnc3)[C@@]3(C(=O)Nc4ccccc43)[C@@H]3C=Cc4ccccc4N32)c1. The Balaban J connectivity index is 1.53. The molecule has 1 amide bonds. The van der Waals surface area contributed by atoms with Gasteiger partial charge in [0.15, 0.2) is 11.6 Å². The lowest BCUT2D eigenvalue weighted by Crippen LogP contribution is -2.51. The summed E-state index contributed by atoms with van der Waals surface area (Å²) in [6.45, 7) is 0. The van der Waals surface area contributed by atoms with E-state index >= 15 is 0 Å². The largest absolute Gasteiger partial charge is 0.497 e. The number of para-hydroxylation sites is 2. The molecule has 3 aromatic carbocycles. The lowest BCUT2D eigenvalue weighted by atomic mass is 9.64. The van der Waals surface area contributed by atoms with Crippen LogP contribution in [0.5, 0.6) is 5.75 Å². The predicted molar refractivity (Wildman–Crippen MR) is 152 cm³/mol. The van der Waals surface area contributed by atoms with Crippen LogP contribution >= 0.6 is 0 Å². The number of ketones is 2. The van der Waals surface area contributed by atoms with Crippen molar-refractivity contribution in [3.8, 4) is 5.75 Å². The van der Waals surface area contributed by atoms with Gasteiger partial charge < -0.3 is 15.0 Å². The molecule has 1 spiro atoms.